The molecule has 0 spiro atoms. The van der Waals surface area contributed by atoms with Gasteiger partial charge in [-0.1, -0.05) is 19.1 Å². The molecule has 0 saturated heterocycles. The number of carbonyl (C=O) groups is 1. The summed E-state index contributed by atoms with van der Waals surface area (Å²) in [5.41, 5.74) is 6.88. The summed E-state index contributed by atoms with van der Waals surface area (Å²) < 4.78 is 0. The fourth-order valence-corrected chi connectivity index (χ4v) is 2.63. The number of amides is 1. The van der Waals surface area contributed by atoms with Gasteiger partial charge in [0, 0.05) is 6.04 Å². The van der Waals surface area contributed by atoms with Gasteiger partial charge in [-0.2, -0.15) is 0 Å². The molecule has 1 saturated carbocycles. The fourth-order valence-electron chi connectivity index (χ4n) is 2.63. The Morgan fingerprint density at radius 3 is 2.68 bits per heavy atom. The Bertz CT molecular complexity index is 430. The lowest BCUT2D eigenvalue weighted by Gasteiger charge is -2.17. The summed E-state index contributed by atoms with van der Waals surface area (Å²) >= 11 is 0. The summed E-state index contributed by atoms with van der Waals surface area (Å²) in [6.07, 6.45) is 3.78. The van der Waals surface area contributed by atoms with Crippen LogP contribution in [-0.2, 0) is 11.2 Å². The summed E-state index contributed by atoms with van der Waals surface area (Å²) in [5.74, 6) is 0.840. The van der Waals surface area contributed by atoms with Crippen molar-refractivity contribution in [3.05, 3.63) is 29.8 Å². The van der Waals surface area contributed by atoms with Crippen molar-refractivity contribution in [1.82, 2.24) is 5.32 Å². The number of hydrogen-bond acceptors (Lipinski definition) is 3. The molecule has 0 aliphatic heterocycles. The highest BCUT2D eigenvalue weighted by Gasteiger charge is 2.24. The number of rotatable bonds is 4. The minimum absolute atomic E-state index is 0.0767. The first kappa shape index (κ1) is 13.9. The summed E-state index contributed by atoms with van der Waals surface area (Å²) in [6, 6.07) is 6.56. The van der Waals surface area contributed by atoms with Crippen LogP contribution in [0.3, 0.4) is 0 Å². The van der Waals surface area contributed by atoms with E-state index in [4.69, 9.17) is 5.73 Å². The molecule has 1 aromatic rings. The summed E-state index contributed by atoms with van der Waals surface area (Å²) in [6.45, 7) is 2.21. The number of phenolic OH excluding ortho intramolecular Hbond substituents is 1. The minimum Gasteiger partial charge on any atom is -0.508 e. The zero-order valence-corrected chi connectivity index (χ0v) is 11.3. The maximum absolute atomic E-state index is 12.0. The second kappa shape index (κ2) is 6.06. The fraction of sp³-hybridized carbons (Fsp3) is 0.533. The summed E-state index contributed by atoms with van der Waals surface area (Å²) in [4.78, 5) is 12.0. The molecule has 4 N–H and O–H groups in total. The number of phenols is 1. The average molecular weight is 262 g/mol. The standard InChI is InChI=1S/C15H22N2O2/c1-10-2-5-12(8-10)17-15(19)14(16)9-11-3-6-13(18)7-4-11/h3-4,6-7,10,12,14,18H,2,5,8-9,16H2,1H3,(H,17,19)/t10?,12?,14-/m0/s1. The quantitative estimate of drug-likeness (QED) is 0.771. The third-order valence-corrected chi connectivity index (χ3v) is 3.77. The van der Waals surface area contributed by atoms with Gasteiger partial charge in [-0.25, -0.2) is 0 Å². The van der Waals surface area contributed by atoms with Crippen LogP contribution in [0.4, 0.5) is 0 Å². The Balaban J connectivity index is 1.83. The average Bonchev–Trinajstić information content (AvgIpc) is 2.77. The molecule has 2 unspecified atom stereocenters. The molecule has 19 heavy (non-hydrogen) atoms. The molecule has 1 aromatic carbocycles. The molecule has 0 aromatic heterocycles. The van der Waals surface area contributed by atoms with Gasteiger partial charge in [0.25, 0.3) is 0 Å². The van der Waals surface area contributed by atoms with Gasteiger partial charge >= 0.3 is 0 Å². The molecule has 1 amide bonds. The van der Waals surface area contributed by atoms with Crippen LogP contribution in [0.15, 0.2) is 24.3 Å². The van der Waals surface area contributed by atoms with Crippen molar-refractivity contribution in [3.63, 3.8) is 0 Å². The van der Waals surface area contributed by atoms with Gasteiger partial charge in [-0.15, -0.1) is 0 Å². The number of benzene rings is 1. The van der Waals surface area contributed by atoms with Crippen LogP contribution in [0.5, 0.6) is 5.75 Å². The molecule has 1 aliphatic rings. The SMILES string of the molecule is CC1CCC(NC(=O)[C@@H](N)Cc2ccc(O)cc2)C1. The lowest BCUT2D eigenvalue weighted by molar-refractivity contribution is -0.123. The van der Waals surface area contributed by atoms with Gasteiger partial charge in [0.2, 0.25) is 5.91 Å². The lowest BCUT2D eigenvalue weighted by Crippen LogP contribution is -2.45. The number of nitrogens with two attached hydrogens (primary N) is 1. The van der Waals surface area contributed by atoms with Crippen molar-refractivity contribution in [1.29, 1.82) is 0 Å². The highest BCUT2D eigenvalue weighted by Crippen LogP contribution is 2.24. The van der Waals surface area contributed by atoms with Gasteiger partial charge in [0.05, 0.1) is 6.04 Å². The van der Waals surface area contributed by atoms with Gasteiger partial charge in [0.15, 0.2) is 0 Å². The molecular weight excluding hydrogens is 240 g/mol. The molecule has 0 radical (unpaired) electrons. The zero-order chi connectivity index (χ0) is 13.8. The summed E-state index contributed by atoms with van der Waals surface area (Å²) in [5, 5.41) is 12.2. The molecule has 0 bridgehead atoms. The molecule has 0 heterocycles. The molecule has 104 valence electrons. The smallest absolute Gasteiger partial charge is 0.237 e. The van der Waals surface area contributed by atoms with E-state index in [-0.39, 0.29) is 17.7 Å². The molecule has 1 fully saturated rings. The highest BCUT2D eigenvalue weighted by molar-refractivity contribution is 5.82. The van der Waals surface area contributed by atoms with E-state index in [1.54, 1.807) is 24.3 Å². The molecule has 1 aliphatic carbocycles. The number of carbonyl (C=O) groups excluding carboxylic acids is 1. The van der Waals surface area contributed by atoms with Crippen LogP contribution >= 0.6 is 0 Å². The first-order valence-corrected chi connectivity index (χ1v) is 6.88. The molecule has 2 rings (SSSR count). The number of nitrogens with one attached hydrogen (secondary N) is 1. The van der Waals surface area contributed by atoms with E-state index in [9.17, 15) is 9.90 Å². The second-order valence-electron chi connectivity index (χ2n) is 5.60. The third kappa shape index (κ3) is 3.96. The lowest BCUT2D eigenvalue weighted by atomic mass is 10.1. The van der Waals surface area contributed by atoms with Gasteiger partial charge < -0.3 is 16.2 Å². The van der Waals surface area contributed by atoms with E-state index in [0.29, 0.717) is 12.3 Å². The maximum atomic E-state index is 12.0. The maximum Gasteiger partial charge on any atom is 0.237 e. The van der Waals surface area contributed by atoms with Crippen LogP contribution in [-0.4, -0.2) is 23.1 Å². The zero-order valence-electron chi connectivity index (χ0n) is 11.3. The monoisotopic (exact) mass is 262 g/mol. The van der Waals surface area contributed by atoms with Crippen molar-refractivity contribution in [2.75, 3.05) is 0 Å². The van der Waals surface area contributed by atoms with Crippen LogP contribution in [0, 0.1) is 5.92 Å². The number of hydrogen-bond donors (Lipinski definition) is 3. The first-order valence-electron chi connectivity index (χ1n) is 6.88. The predicted octanol–water partition coefficient (Wildman–Crippen LogP) is 1.57. The Kier molecular flexibility index (Phi) is 4.43. The van der Waals surface area contributed by atoms with Crippen LogP contribution in [0.1, 0.15) is 31.7 Å². The van der Waals surface area contributed by atoms with Crippen molar-refractivity contribution < 1.29 is 9.90 Å². The molecule has 4 heteroatoms. The van der Waals surface area contributed by atoms with Crippen LogP contribution < -0.4 is 11.1 Å². The minimum atomic E-state index is -0.527. The highest BCUT2D eigenvalue weighted by atomic mass is 16.3. The first-order chi connectivity index (χ1) is 9.04. The topological polar surface area (TPSA) is 75.4 Å². The van der Waals surface area contributed by atoms with Crippen molar-refractivity contribution in [2.24, 2.45) is 11.7 Å². The Labute approximate surface area is 114 Å². The Morgan fingerprint density at radius 1 is 1.42 bits per heavy atom. The van der Waals surface area contributed by atoms with E-state index >= 15 is 0 Å². The Morgan fingerprint density at radius 2 is 2.11 bits per heavy atom. The van der Waals surface area contributed by atoms with E-state index in [1.165, 1.54) is 6.42 Å². The van der Waals surface area contributed by atoms with E-state index in [1.807, 2.05) is 0 Å². The third-order valence-electron chi connectivity index (χ3n) is 3.77. The van der Waals surface area contributed by atoms with Crippen molar-refractivity contribution in [3.8, 4) is 5.75 Å². The van der Waals surface area contributed by atoms with E-state index < -0.39 is 6.04 Å². The molecular formula is C15H22N2O2. The predicted molar refractivity (Wildman–Crippen MR) is 74.7 cm³/mol. The largest absolute Gasteiger partial charge is 0.508 e. The second-order valence-corrected chi connectivity index (χ2v) is 5.60. The van der Waals surface area contributed by atoms with Gasteiger partial charge in [-0.3, -0.25) is 4.79 Å². The molecule has 4 nitrogen and oxygen atoms in total. The van der Waals surface area contributed by atoms with Crippen molar-refractivity contribution in [2.45, 2.75) is 44.7 Å². The number of aromatic hydroxyl groups is 1. The van der Waals surface area contributed by atoms with Crippen LogP contribution in [0.2, 0.25) is 0 Å². The normalized spacial score (nSPS) is 24.1. The summed E-state index contributed by atoms with van der Waals surface area (Å²) in [7, 11) is 0. The van der Waals surface area contributed by atoms with E-state index in [0.717, 1.165) is 18.4 Å². The van der Waals surface area contributed by atoms with E-state index in [2.05, 4.69) is 12.2 Å². The Hall–Kier alpha value is -1.55. The van der Waals surface area contributed by atoms with Gasteiger partial charge in [0.1, 0.15) is 5.75 Å². The van der Waals surface area contributed by atoms with Crippen molar-refractivity contribution >= 4 is 5.91 Å². The van der Waals surface area contributed by atoms with Crippen LogP contribution in [0.25, 0.3) is 0 Å². The molecule has 3 atom stereocenters. The van der Waals surface area contributed by atoms with Gasteiger partial charge in [-0.05, 0) is 49.3 Å².